The highest BCUT2D eigenvalue weighted by atomic mass is 16.5. The van der Waals surface area contributed by atoms with Crippen LogP contribution in [0.1, 0.15) is 11.1 Å². The van der Waals surface area contributed by atoms with Gasteiger partial charge < -0.3 is 19.7 Å². The molecule has 5 heteroatoms. The zero-order chi connectivity index (χ0) is 17.4. The number of phenols is 2. The van der Waals surface area contributed by atoms with E-state index in [1.54, 1.807) is 54.6 Å². The van der Waals surface area contributed by atoms with Gasteiger partial charge in [-0.2, -0.15) is 0 Å². The molecule has 0 fully saturated rings. The van der Waals surface area contributed by atoms with Crippen LogP contribution >= 0.6 is 0 Å². The maximum atomic E-state index is 11.6. The number of methoxy groups -OCH3 is 1. The first-order chi connectivity index (χ1) is 11.6. The van der Waals surface area contributed by atoms with E-state index in [2.05, 4.69) is 0 Å². The Hall–Kier alpha value is -3.21. The Morgan fingerprint density at radius 1 is 1.04 bits per heavy atom. The van der Waals surface area contributed by atoms with Crippen molar-refractivity contribution >= 4 is 18.1 Å². The molecule has 0 heterocycles. The summed E-state index contributed by atoms with van der Waals surface area (Å²) in [5.74, 6) is 0.103. The molecule has 0 saturated carbocycles. The number of hydrogen-bond donors (Lipinski definition) is 2. The molecule has 0 aromatic heterocycles. The quantitative estimate of drug-likeness (QED) is 0.629. The third-order valence-electron chi connectivity index (χ3n) is 3.14. The minimum Gasteiger partial charge on any atom is -0.508 e. The molecule has 0 atom stereocenters. The van der Waals surface area contributed by atoms with Crippen LogP contribution in [0.5, 0.6) is 17.2 Å². The fourth-order valence-electron chi connectivity index (χ4n) is 1.91. The van der Waals surface area contributed by atoms with Gasteiger partial charge in [0.1, 0.15) is 12.4 Å². The van der Waals surface area contributed by atoms with Crippen LogP contribution in [-0.4, -0.2) is 29.9 Å². The molecule has 0 amide bonds. The number of rotatable bonds is 6. The second-order valence-electron chi connectivity index (χ2n) is 4.89. The average Bonchev–Trinajstić information content (AvgIpc) is 2.59. The van der Waals surface area contributed by atoms with Crippen molar-refractivity contribution in [2.45, 2.75) is 0 Å². The van der Waals surface area contributed by atoms with Crippen LogP contribution < -0.4 is 4.74 Å². The Kier molecular flexibility index (Phi) is 6.02. The number of benzene rings is 2. The SMILES string of the molecule is COc1cc(/C=C/C(=O)OCC=Cc2ccc(O)cc2)ccc1O. The van der Waals surface area contributed by atoms with Gasteiger partial charge >= 0.3 is 5.97 Å². The third kappa shape index (κ3) is 5.21. The van der Waals surface area contributed by atoms with Crippen molar-refractivity contribution in [3.63, 3.8) is 0 Å². The number of aromatic hydroxyl groups is 2. The van der Waals surface area contributed by atoms with E-state index in [-0.39, 0.29) is 18.1 Å². The average molecular weight is 326 g/mol. The number of carbonyl (C=O) groups excluding carboxylic acids is 1. The Balaban J connectivity index is 1.83. The van der Waals surface area contributed by atoms with Gasteiger partial charge in [0.25, 0.3) is 0 Å². The van der Waals surface area contributed by atoms with Crippen molar-refractivity contribution in [1.29, 1.82) is 0 Å². The number of hydrogen-bond acceptors (Lipinski definition) is 5. The smallest absolute Gasteiger partial charge is 0.331 e. The van der Waals surface area contributed by atoms with Gasteiger partial charge in [-0.15, -0.1) is 0 Å². The lowest BCUT2D eigenvalue weighted by molar-refractivity contribution is -0.136. The normalized spacial score (nSPS) is 11.0. The summed E-state index contributed by atoms with van der Waals surface area (Å²) >= 11 is 0. The van der Waals surface area contributed by atoms with Crippen LogP contribution in [0.2, 0.25) is 0 Å². The first-order valence-electron chi connectivity index (χ1n) is 7.26. The Morgan fingerprint density at radius 2 is 1.75 bits per heavy atom. The zero-order valence-electron chi connectivity index (χ0n) is 13.2. The molecule has 0 saturated heterocycles. The van der Waals surface area contributed by atoms with E-state index in [0.29, 0.717) is 11.3 Å². The van der Waals surface area contributed by atoms with Gasteiger partial charge in [-0.25, -0.2) is 4.79 Å². The number of esters is 1. The lowest BCUT2D eigenvalue weighted by atomic mass is 10.2. The van der Waals surface area contributed by atoms with Crippen LogP contribution in [0.15, 0.2) is 54.6 Å². The zero-order valence-corrected chi connectivity index (χ0v) is 13.2. The van der Waals surface area contributed by atoms with E-state index < -0.39 is 5.97 Å². The van der Waals surface area contributed by atoms with Gasteiger partial charge in [-0.3, -0.25) is 0 Å². The van der Waals surface area contributed by atoms with E-state index in [9.17, 15) is 15.0 Å². The minimum atomic E-state index is -0.475. The molecule has 0 bridgehead atoms. The predicted octanol–water partition coefficient (Wildman–Crippen LogP) is 3.38. The van der Waals surface area contributed by atoms with Crippen LogP contribution in [-0.2, 0) is 9.53 Å². The summed E-state index contributed by atoms with van der Waals surface area (Å²) < 4.78 is 10.0. The summed E-state index contributed by atoms with van der Waals surface area (Å²) in [6.45, 7) is 0.142. The molecule has 124 valence electrons. The van der Waals surface area contributed by atoms with Crippen molar-refractivity contribution in [1.82, 2.24) is 0 Å². The maximum Gasteiger partial charge on any atom is 0.331 e. The molecule has 0 aliphatic rings. The van der Waals surface area contributed by atoms with E-state index in [1.807, 2.05) is 0 Å². The van der Waals surface area contributed by atoms with Gasteiger partial charge in [-0.05, 0) is 47.5 Å². The van der Waals surface area contributed by atoms with Crippen molar-refractivity contribution in [3.05, 3.63) is 65.7 Å². The summed E-state index contributed by atoms with van der Waals surface area (Å²) in [5.41, 5.74) is 1.61. The molecule has 5 nitrogen and oxygen atoms in total. The van der Waals surface area contributed by atoms with Crippen molar-refractivity contribution in [3.8, 4) is 17.2 Å². The molecule has 2 rings (SSSR count). The molecule has 2 aromatic rings. The van der Waals surface area contributed by atoms with Gasteiger partial charge in [-0.1, -0.05) is 24.3 Å². The third-order valence-corrected chi connectivity index (χ3v) is 3.14. The maximum absolute atomic E-state index is 11.6. The van der Waals surface area contributed by atoms with E-state index >= 15 is 0 Å². The van der Waals surface area contributed by atoms with Crippen LogP contribution in [0, 0.1) is 0 Å². The van der Waals surface area contributed by atoms with Crippen LogP contribution in [0.3, 0.4) is 0 Å². The molecular weight excluding hydrogens is 308 g/mol. The lowest BCUT2D eigenvalue weighted by Gasteiger charge is -2.03. The molecule has 0 aliphatic heterocycles. The lowest BCUT2D eigenvalue weighted by Crippen LogP contribution is -1.99. The second-order valence-corrected chi connectivity index (χ2v) is 4.89. The Labute approximate surface area is 140 Å². The van der Waals surface area contributed by atoms with Crippen LogP contribution in [0.4, 0.5) is 0 Å². The predicted molar refractivity (Wildman–Crippen MR) is 91.8 cm³/mol. The topological polar surface area (TPSA) is 76.0 Å². The van der Waals surface area contributed by atoms with Gasteiger partial charge in [0.15, 0.2) is 11.5 Å². The van der Waals surface area contributed by atoms with Gasteiger partial charge in [0, 0.05) is 6.08 Å². The highest BCUT2D eigenvalue weighted by molar-refractivity contribution is 5.87. The van der Waals surface area contributed by atoms with Crippen molar-refractivity contribution in [2.24, 2.45) is 0 Å². The number of phenolic OH excluding ortho intramolecular Hbond substituents is 2. The monoisotopic (exact) mass is 326 g/mol. The summed E-state index contributed by atoms with van der Waals surface area (Å²) in [4.78, 5) is 11.6. The van der Waals surface area contributed by atoms with Crippen molar-refractivity contribution < 1.29 is 24.5 Å². The Morgan fingerprint density at radius 3 is 2.46 bits per heavy atom. The van der Waals surface area contributed by atoms with Crippen LogP contribution in [0.25, 0.3) is 12.2 Å². The molecular formula is C19H18O5. The summed E-state index contributed by atoms with van der Waals surface area (Å²) in [6, 6.07) is 11.4. The first kappa shape index (κ1) is 17.1. The first-order valence-corrected chi connectivity index (χ1v) is 7.26. The van der Waals surface area contributed by atoms with E-state index in [1.165, 1.54) is 19.3 Å². The summed E-state index contributed by atoms with van der Waals surface area (Å²) in [6.07, 6.45) is 6.39. The molecule has 0 unspecified atom stereocenters. The fraction of sp³-hybridized carbons (Fsp3) is 0.105. The molecule has 2 N–H and O–H groups in total. The summed E-state index contributed by atoms with van der Waals surface area (Å²) in [5, 5.41) is 18.7. The van der Waals surface area contributed by atoms with Gasteiger partial charge in [0.05, 0.1) is 7.11 Å². The number of ether oxygens (including phenoxy) is 2. The molecule has 0 aliphatic carbocycles. The van der Waals surface area contributed by atoms with E-state index in [4.69, 9.17) is 9.47 Å². The fourth-order valence-corrected chi connectivity index (χ4v) is 1.91. The molecule has 0 spiro atoms. The summed E-state index contributed by atoms with van der Waals surface area (Å²) in [7, 11) is 1.46. The molecule has 0 radical (unpaired) electrons. The minimum absolute atomic E-state index is 0.0385. The van der Waals surface area contributed by atoms with Gasteiger partial charge in [0.2, 0.25) is 0 Å². The molecule has 2 aromatic carbocycles. The van der Waals surface area contributed by atoms with E-state index in [0.717, 1.165) is 5.56 Å². The highest BCUT2D eigenvalue weighted by Gasteiger charge is 2.01. The standard InChI is InChI=1S/C19H18O5/c1-23-18-13-15(6-10-17(18)21)7-11-19(22)24-12-2-3-14-4-8-16(20)9-5-14/h2-11,13,20-21H,12H2,1H3/b3-2?,11-7+. The van der Waals surface area contributed by atoms with Crippen molar-refractivity contribution in [2.75, 3.05) is 13.7 Å². The second kappa shape index (κ2) is 8.43. The largest absolute Gasteiger partial charge is 0.508 e. The molecule has 24 heavy (non-hydrogen) atoms. The number of carbonyl (C=O) groups is 1. The Bertz CT molecular complexity index is 745. The highest BCUT2D eigenvalue weighted by Crippen LogP contribution is 2.26.